The van der Waals surface area contributed by atoms with Crippen molar-refractivity contribution >= 4 is 35.4 Å². The second-order valence-corrected chi connectivity index (χ2v) is 13.2. The molecule has 2 aromatic rings. The fourth-order valence-electron chi connectivity index (χ4n) is 4.73. The maximum absolute atomic E-state index is 13.7. The second-order valence-electron chi connectivity index (χ2n) is 11.7. The number of hydrogen-bond acceptors (Lipinski definition) is 7. The van der Waals surface area contributed by atoms with Crippen molar-refractivity contribution in [3.63, 3.8) is 0 Å². The van der Waals surface area contributed by atoms with Crippen molar-refractivity contribution in [3.05, 3.63) is 75.3 Å². The summed E-state index contributed by atoms with van der Waals surface area (Å²) in [5.74, 6) is -0.919. The van der Waals surface area contributed by atoms with Crippen molar-refractivity contribution < 1.29 is 24.0 Å². The Balaban J connectivity index is 1.87. The molecule has 0 bridgehead atoms. The highest BCUT2D eigenvalue weighted by Crippen LogP contribution is 2.30. The predicted molar refractivity (Wildman–Crippen MR) is 160 cm³/mol. The molecule has 3 amide bonds. The van der Waals surface area contributed by atoms with Crippen LogP contribution in [0.25, 0.3) is 0 Å². The minimum atomic E-state index is -1.02. The molecule has 0 radical (unpaired) electrons. The number of hydrogen-bond donors (Lipinski definition) is 3. The largest absolute Gasteiger partial charge is 0.444 e. The zero-order valence-electron chi connectivity index (χ0n) is 24.5. The first-order chi connectivity index (χ1) is 19.2. The lowest BCUT2D eigenvalue weighted by Crippen LogP contribution is -2.60. The topological polar surface area (TPSA) is 140 Å². The van der Waals surface area contributed by atoms with Crippen molar-refractivity contribution in [2.75, 3.05) is 6.26 Å². The normalized spacial score (nSPS) is 16.5. The summed E-state index contributed by atoms with van der Waals surface area (Å²) < 4.78 is 4.66. The molecule has 2 aromatic carbocycles. The lowest BCUT2D eigenvalue weighted by molar-refractivity contribution is -0.384. The summed E-state index contributed by atoms with van der Waals surface area (Å²) in [4.78, 5) is 50.7. The number of nitro benzene ring substituents is 1. The number of alkyl carbamates (subject to hydrolysis) is 1. The van der Waals surface area contributed by atoms with E-state index >= 15 is 0 Å². The molecule has 222 valence electrons. The monoisotopic (exact) mass is 584 g/mol. The van der Waals surface area contributed by atoms with Crippen LogP contribution in [0.4, 0.5) is 10.5 Å². The van der Waals surface area contributed by atoms with Gasteiger partial charge in [-0.05, 0) is 76.8 Å². The molecule has 0 aromatic heterocycles. The van der Waals surface area contributed by atoms with Crippen LogP contribution >= 0.6 is 11.8 Å². The van der Waals surface area contributed by atoms with Gasteiger partial charge >= 0.3 is 6.09 Å². The number of nitrogens with one attached hydrogen (secondary N) is 3. The third kappa shape index (κ3) is 8.94. The van der Waals surface area contributed by atoms with Crippen molar-refractivity contribution in [3.8, 4) is 0 Å². The van der Waals surface area contributed by atoms with Gasteiger partial charge in [0.15, 0.2) is 0 Å². The lowest BCUT2D eigenvalue weighted by Gasteiger charge is -2.34. The van der Waals surface area contributed by atoms with E-state index in [2.05, 4.69) is 22.0 Å². The number of nitro groups is 1. The van der Waals surface area contributed by atoms with Crippen molar-refractivity contribution in [2.45, 2.75) is 88.8 Å². The summed E-state index contributed by atoms with van der Waals surface area (Å²) in [6.45, 7) is 8.84. The number of nitrogens with zero attached hydrogens (tertiary/aromatic N) is 1. The van der Waals surface area contributed by atoms with Crippen LogP contribution in [0.15, 0.2) is 48.5 Å². The molecule has 3 N–H and O–H groups in total. The van der Waals surface area contributed by atoms with E-state index in [0.29, 0.717) is 5.56 Å². The molecule has 1 aliphatic carbocycles. The average molecular weight is 585 g/mol. The van der Waals surface area contributed by atoms with E-state index in [9.17, 15) is 24.5 Å². The third-order valence-electron chi connectivity index (χ3n) is 7.05. The number of non-ortho nitro benzene ring substituents is 1. The fourth-order valence-corrected chi connectivity index (χ4v) is 5.13. The van der Waals surface area contributed by atoms with Crippen LogP contribution in [0.2, 0.25) is 0 Å². The Hall–Kier alpha value is -3.60. The molecule has 0 saturated carbocycles. The maximum Gasteiger partial charge on any atom is 0.408 e. The number of amides is 3. The van der Waals surface area contributed by atoms with Crippen LogP contribution < -0.4 is 16.0 Å². The van der Waals surface area contributed by atoms with Gasteiger partial charge in [0.05, 0.1) is 11.0 Å². The molecule has 41 heavy (non-hydrogen) atoms. The summed E-state index contributed by atoms with van der Waals surface area (Å²) in [5.41, 5.74) is 2.05. The molecule has 2 unspecified atom stereocenters. The Morgan fingerprint density at radius 3 is 2.29 bits per heavy atom. The van der Waals surface area contributed by atoms with Gasteiger partial charge in [-0.2, -0.15) is 11.8 Å². The number of benzene rings is 2. The zero-order valence-corrected chi connectivity index (χ0v) is 25.3. The second kappa shape index (κ2) is 13.4. The van der Waals surface area contributed by atoms with Gasteiger partial charge in [0, 0.05) is 23.3 Å². The van der Waals surface area contributed by atoms with E-state index < -0.39 is 39.4 Å². The Labute approximate surface area is 245 Å². The van der Waals surface area contributed by atoms with Crippen molar-refractivity contribution in [1.82, 2.24) is 16.0 Å². The Morgan fingerprint density at radius 2 is 1.68 bits per heavy atom. The molecule has 0 heterocycles. The first kappa shape index (κ1) is 31.9. The van der Waals surface area contributed by atoms with E-state index in [0.717, 1.165) is 24.8 Å². The molecular formula is C30H40N4O6S. The van der Waals surface area contributed by atoms with E-state index in [4.69, 9.17) is 4.74 Å². The molecule has 3 atom stereocenters. The van der Waals surface area contributed by atoms with Gasteiger partial charge in [-0.1, -0.05) is 36.4 Å². The van der Waals surface area contributed by atoms with E-state index in [1.54, 1.807) is 32.9 Å². The number of carbonyl (C=O) groups excluding carboxylic acids is 3. The average Bonchev–Trinajstić information content (AvgIpc) is 2.90. The smallest absolute Gasteiger partial charge is 0.408 e. The number of rotatable bonds is 10. The maximum atomic E-state index is 13.7. The van der Waals surface area contributed by atoms with Gasteiger partial charge in [-0.15, -0.1) is 0 Å². The summed E-state index contributed by atoms with van der Waals surface area (Å²) in [6, 6.07) is 11.6. The zero-order chi connectivity index (χ0) is 30.4. The number of carbonyl (C=O) groups is 3. The van der Waals surface area contributed by atoms with Gasteiger partial charge in [0.25, 0.3) is 5.69 Å². The minimum Gasteiger partial charge on any atom is -0.444 e. The van der Waals surface area contributed by atoms with Crippen LogP contribution in [0, 0.1) is 10.1 Å². The van der Waals surface area contributed by atoms with Crippen molar-refractivity contribution in [1.29, 1.82) is 0 Å². The molecular weight excluding hydrogens is 544 g/mol. The molecule has 0 spiro atoms. The van der Waals surface area contributed by atoms with E-state index in [-0.39, 0.29) is 24.1 Å². The van der Waals surface area contributed by atoms with Gasteiger partial charge in [0.1, 0.15) is 17.7 Å². The van der Waals surface area contributed by atoms with Gasteiger partial charge in [-0.3, -0.25) is 19.7 Å². The molecule has 0 aliphatic heterocycles. The number of ether oxygens (including phenoxy) is 1. The van der Waals surface area contributed by atoms with Gasteiger partial charge in [0.2, 0.25) is 11.8 Å². The highest BCUT2D eigenvalue weighted by molar-refractivity contribution is 8.00. The Bertz CT molecular complexity index is 1260. The van der Waals surface area contributed by atoms with Crippen molar-refractivity contribution in [2.24, 2.45) is 0 Å². The van der Waals surface area contributed by atoms with Crippen LogP contribution in [-0.4, -0.2) is 51.5 Å². The number of thioether (sulfide) groups is 1. The predicted octanol–water partition coefficient (Wildman–Crippen LogP) is 4.85. The fraction of sp³-hybridized carbons (Fsp3) is 0.500. The molecule has 0 saturated heterocycles. The Morgan fingerprint density at radius 1 is 1.02 bits per heavy atom. The highest BCUT2D eigenvalue weighted by Gasteiger charge is 2.39. The first-order valence-corrected chi connectivity index (χ1v) is 14.9. The summed E-state index contributed by atoms with van der Waals surface area (Å²) in [5, 5.41) is 19.8. The van der Waals surface area contributed by atoms with Crippen LogP contribution in [-0.2, 0) is 27.2 Å². The molecule has 1 aliphatic rings. The molecule has 10 nitrogen and oxygen atoms in total. The standard InChI is InChI=1S/C30H40N4O6S/c1-29(2,3)40-28(37)33-25(30(4,5)41-6)27(36)32-24(18-19-14-16-21(17-15-19)34(38)39)26(35)31-23-13-9-11-20-10-7-8-12-22(20)23/h7-8,10,12,14-17,23-25H,9,11,13,18H2,1-6H3,(H,31,35)(H,32,36)(H,33,37)/t23?,24?,25-/m1/s1. The SMILES string of the molecule is CSC(C)(C)[C@H](NC(=O)OC(C)(C)C)C(=O)NC(Cc1ccc([N+](=O)[O-])cc1)C(=O)NC1CCCc2ccccc21. The quantitative estimate of drug-likeness (QED) is 0.268. The summed E-state index contributed by atoms with van der Waals surface area (Å²) >= 11 is 1.39. The Kier molecular flexibility index (Phi) is 10.4. The highest BCUT2D eigenvalue weighted by atomic mass is 32.2. The van der Waals surface area contributed by atoms with E-state index in [1.807, 2.05) is 38.3 Å². The summed E-state index contributed by atoms with van der Waals surface area (Å²) in [6.07, 6.45) is 3.82. The van der Waals surface area contributed by atoms with Crippen LogP contribution in [0.3, 0.4) is 0 Å². The third-order valence-corrected chi connectivity index (χ3v) is 8.34. The van der Waals surface area contributed by atoms with Crippen LogP contribution in [0.5, 0.6) is 0 Å². The lowest BCUT2D eigenvalue weighted by atomic mass is 9.87. The van der Waals surface area contributed by atoms with Gasteiger partial charge < -0.3 is 20.7 Å². The molecule has 0 fully saturated rings. The van der Waals surface area contributed by atoms with Crippen LogP contribution in [0.1, 0.15) is 70.2 Å². The van der Waals surface area contributed by atoms with E-state index in [1.165, 1.54) is 29.5 Å². The van der Waals surface area contributed by atoms with Gasteiger partial charge in [-0.25, -0.2) is 4.79 Å². The minimum absolute atomic E-state index is 0.0686. The summed E-state index contributed by atoms with van der Waals surface area (Å²) in [7, 11) is 0. The first-order valence-electron chi connectivity index (χ1n) is 13.7. The molecule has 11 heteroatoms. The number of fused-ring (bicyclic) bond motifs is 1. The molecule has 3 rings (SSSR count). The number of aryl methyl sites for hydroxylation is 1.